The summed E-state index contributed by atoms with van der Waals surface area (Å²) in [5.41, 5.74) is 2.71. The molecule has 2 N–H and O–H groups in total. The number of hydrogen-bond donors (Lipinski definition) is 2. The molecule has 1 aliphatic rings. The van der Waals surface area contributed by atoms with Gasteiger partial charge in [-0.1, -0.05) is 13.5 Å². The van der Waals surface area contributed by atoms with Gasteiger partial charge in [-0.05, 0) is 37.2 Å². The minimum atomic E-state index is -0.884. The molecule has 0 saturated carbocycles. The van der Waals surface area contributed by atoms with E-state index in [0.717, 1.165) is 50.0 Å². The first-order valence-electron chi connectivity index (χ1n) is 13.1. The number of likely N-dealkylation sites (N-methyl/N-ethyl adjacent to an activating group) is 1. The van der Waals surface area contributed by atoms with Crippen LogP contribution in [0, 0.1) is 18.6 Å². The van der Waals surface area contributed by atoms with Crippen molar-refractivity contribution in [3.8, 4) is 17.2 Å². The summed E-state index contributed by atoms with van der Waals surface area (Å²) in [4.78, 5) is 25.5. The number of piperazine rings is 1. The highest BCUT2D eigenvalue weighted by Crippen LogP contribution is 2.35. The lowest BCUT2D eigenvalue weighted by atomic mass is 10.1. The van der Waals surface area contributed by atoms with Gasteiger partial charge in [-0.3, -0.25) is 4.79 Å². The van der Waals surface area contributed by atoms with Crippen LogP contribution in [-0.4, -0.2) is 67.7 Å². The number of hydrogen-bond acceptors (Lipinski definition) is 9. The summed E-state index contributed by atoms with van der Waals surface area (Å²) in [5.74, 6) is -2.02. The standard InChI is InChI=1S/C29H34F2N6O4/c1-6-25(38)34-22-13-19(37-10-8-36(7-2)9-11-37)12-18(3)28(22)35-29-32-15-20(16-33-29)41-17-21-26(30)23(39-4)14-24(40-5)27(21)31/h6,12-16H,1,7-11,17H2,2-5H3,(H,34,38)(H,32,33,35). The number of anilines is 4. The number of benzene rings is 2. The molecule has 1 aliphatic heterocycles. The van der Waals surface area contributed by atoms with Gasteiger partial charge in [0.1, 0.15) is 6.61 Å². The van der Waals surface area contributed by atoms with Gasteiger partial charge in [-0.25, -0.2) is 18.7 Å². The van der Waals surface area contributed by atoms with Crippen molar-refractivity contribution in [2.24, 2.45) is 0 Å². The van der Waals surface area contributed by atoms with Crippen LogP contribution in [0.25, 0.3) is 0 Å². The molecule has 41 heavy (non-hydrogen) atoms. The van der Waals surface area contributed by atoms with Gasteiger partial charge in [0.25, 0.3) is 0 Å². The van der Waals surface area contributed by atoms with Gasteiger partial charge in [0.15, 0.2) is 28.9 Å². The molecule has 12 heteroatoms. The quantitative estimate of drug-likeness (QED) is 0.320. The van der Waals surface area contributed by atoms with E-state index in [1.54, 1.807) is 0 Å². The number of aryl methyl sites for hydroxylation is 1. The first-order valence-corrected chi connectivity index (χ1v) is 13.1. The maximum absolute atomic E-state index is 14.6. The van der Waals surface area contributed by atoms with E-state index in [4.69, 9.17) is 14.2 Å². The lowest BCUT2D eigenvalue weighted by molar-refractivity contribution is -0.111. The molecule has 2 aromatic carbocycles. The van der Waals surface area contributed by atoms with Crippen molar-refractivity contribution in [3.05, 3.63) is 66.0 Å². The number of carbonyl (C=O) groups is 1. The van der Waals surface area contributed by atoms with Crippen molar-refractivity contribution < 1.29 is 27.8 Å². The maximum atomic E-state index is 14.6. The Hall–Kier alpha value is -4.45. The van der Waals surface area contributed by atoms with Gasteiger partial charge >= 0.3 is 0 Å². The third kappa shape index (κ3) is 6.83. The second-order valence-corrected chi connectivity index (χ2v) is 9.34. The van der Waals surface area contributed by atoms with Crippen LogP contribution in [0.5, 0.6) is 17.2 Å². The minimum absolute atomic E-state index is 0.165. The van der Waals surface area contributed by atoms with Crippen LogP contribution in [0.15, 0.2) is 43.2 Å². The Morgan fingerprint density at radius 3 is 2.24 bits per heavy atom. The molecule has 2 heterocycles. The molecule has 0 aliphatic carbocycles. The molecule has 0 spiro atoms. The Morgan fingerprint density at radius 1 is 1.05 bits per heavy atom. The molecular weight excluding hydrogens is 534 g/mol. The summed E-state index contributed by atoms with van der Waals surface area (Å²) in [5, 5.41) is 6.03. The second-order valence-electron chi connectivity index (χ2n) is 9.34. The van der Waals surface area contributed by atoms with E-state index < -0.39 is 18.2 Å². The Bertz CT molecular complexity index is 1370. The maximum Gasteiger partial charge on any atom is 0.247 e. The van der Waals surface area contributed by atoms with E-state index in [2.05, 4.69) is 50.0 Å². The van der Waals surface area contributed by atoms with Gasteiger partial charge in [0.05, 0.1) is 43.6 Å². The fourth-order valence-corrected chi connectivity index (χ4v) is 4.51. The normalized spacial score (nSPS) is 13.5. The van der Waals surface area contributed by atoms with E-state index in [9.17, 15) is 13.6 Å². The van der Waals surface area contributed by atoms with Crippen LogP contribution in [0.4, 0.5) is 31.8 Å². The summed E-state index contributed by atoms with van der Waals surface area (Å²) in [6.45, 7) is 11.9. The number of ether oxygens (including phenoxy) is 3. The molecule has 1 saturated heterocycles. The average Bonchev–Trinajstić information content (AvgIpc) is 2.99. The van der Waals surface area contributed by atoms with Crippen molar-refractivity contribution in [3.63, 3.8) is 0 Å². The smallest absolute Gasteiger partial charge is 0.247 e. The van der Waals surface area contributed by atoms with Crippen molar-refractivity contribution in [2.45, 2.75) is 20.5 Å². The van der Waals surface area contributed by atoms with Crippen LogP contribution >= 0.6 is 0 Å². The third-order valence-corrected chi connectivity index (χ3v) is 6.86. The van der Waals surface area contributed by atoms with E-state index in [0.29, 0.717) is 11.4 Å². The summed E-state index contributed by atoms with van der Waals surface area (Å²) in [6.07, 6.45) is 3.96. The Morgan fingerprint density at radius 2 is 1.68 bits per heavy atom. The SMILES string of the molecule is C=CC(=O)Nc1cc(N2CCN(CC)CC2)cc(C)c1Nc1ncc(OCc2c(F)c(OC)cc(OC)c2F)cn1. The third-order valence-electron chi connectivity index (χ3n) is 6.86. The van der Waals surface area contributed by atoms with Gasteiger partial charge in [0.2, 0.25) is 11.9 Å². The molecule has 3 aromatic rings. The van der Waals surface area contributed by atoms with Gasteiger partial charge in [-0.15, -0.1) is 0 Å². The number of nitrogens with zero attached hydrogens (tertiary/aromatic N) is 4. The van der Waals surface area contributed by atoms with Gasteiger partial charge in [0, 0.05) is 37.9 Å². The summed E-state index contributed by atoms with van der Waals surface area (Å²) in [6, 6.07) is 5.10. The van der Waals surface area contributed by atoms with Crippen LogP contribution in [0.2, 0.25) is 0 Å². The zero-order chi connectivity index (χ0) is 29.5. The predicted molar refractivity (Wildman–Crippen MR) is 153 cm³/mol. The number of nitrogens with one attached hydrogen (secondary N) is 2. The Balaban J connectivity index is 1.52. The van der Waals surface area contributed by atoms with E-state index in [1.807, 2.05) is 13.0 Å². The Kier molecular flexibility index (Phi) is 9.56. The van der Waals surface area contributed by atoms with Crippen molar-refractivity contribution in [1.29, 1.82) is 0 Å². The van der Waals surface area contributed by atoms with Crippen LogP contribution in [0.1, 0.15) is 18.1 Å². The highest BCUT2D eigenvalue weighted by atomic mass is 19.1. The van der Waals surface area contributed by atoms with Crippen molar-refractivity contribution in [1.82, 2.24) is 14.9 Å². The Labute approximate surface area is 237 Å². The lowest BCUT2D eigenvalue weighted by Crippen LogP contribution is -2.46. The second kappa shape index (κ2) is 13.3. The van der Waals surface area contributed by atoms with Gasteiger partial charge in [-0.2, -0.15) is 0 Å². The largest absolute Gasteiger partial charge is 0.494 e. The first-order chi connectivity index (χ1) is 19.8. The highest BCUT2D eigenvalue weighted by Gasteiger charge is 2.21. The number of halogens is 2. The van der Waals surface area contributed by atoms with Crippen LogP contribution in [-0.2, 0) is 11.4 Å². The molecule has 1 amide bonds. The number of methoxy groups -OCH3 is 2. The van der Waals surface area contributed by atoms with E-state index in [1.165, 1.54) is 32.7 Å². The number of amides is 1. The molecule has 1 fully saturated rings. The monoisotopic (exact) mass is 568 g/mol. The minimum Gasteiger partial charge on any atom is -0.494 e. The lowest BCUT2D eigenvalue weighted by Gasteiger charge is -2.36. The molecule has 0 radical (unpaired) electrons. The van der Waals surface area contributed by atoms with E-state index >= 15 is 0 Å². The fraction of sp³-hybridized carbons (Fsp3) is 0.345. The number of carbonyl (C=O) groups excluding carboxylic acids is 1. The molecular formula is C29H34F2N6O4. The van der Waals surface area contributed by atoms with Gasteiger partial charge < -0.3 is 34.6 Å². The summed E-state index contributed by atoms with van der Waals surface area (Å²) in [7, 11) is 2.55. The van der Waals surface area contributed by atoms with Crippen molar-refractivity contribution >= 4 is 28.9 Å². The topological polar surface area (TPSA) is 101 Å². The van der Waals surface area contributed by atoms with Crippen LogP contribution in [0.3, 0.4) is 0 Å². The molecule has 1 aromatic heterocycles. The predicted octanol–water partition coefficient (Wildman–Crippen LogP) is 4.67. The molecule has 0 atom stereocenters. The zero-order valence-electron chi connectivity index (χ0n) is 23.6. The average molecular weight is 569 g/mol. The van der Waals surface area contributed by atoms with E-state index in [-0.39, 0.29) is 34.7 Å². The van der Waals surface area contributed by atoms with Crippen molar-refractivity contribution in [2.75, 3.05) is 62.5 Å². The molecule has 0 bridgehead atoms. The fourth-order valence-electron chi connectivity index (χ4n) is 4.51. The molecule has 218 valence electrons. The number of rotatable bonds is 11. The zero-order valence-corrected chi connectivity index (χ0v) is 23.6. The number of aromatic nitrogens is 2. The molecule has 4 rings (SSSR count). The first kappa shape index (κ1) is 29.5. The van der Waals surface area contributed by atoms with Crippen LogP contribution < -0.4 is 29.7 Å². The summed E-state index contributed by atoms with van der Waals surface area (Å²) >= 11 is 0. The molecule has 10 nitrogen and oxygen atoms in total. The summed E-state index contributed by atoms with van der Waals surface area (Å²) < 4.78 is 44.8. The molecule has 0 unspecified atom stereocenters. The highest BCUT2D eigenvalue weighted by molar-refractivity contribution is 6.02.